The van der Waals surface area contributed by atoms with Crippen molar-refractivity contribution in [2.75, 3.05) is 17.2 Å². The number of aromatic nitrogens is 2. The van der Waals surface area contributed by atoms with Crippen molar-refractivity contribution in [3.63, 3.8) is 0 Å². The van der Waals surface area contributed by atoms with Crippen LogP contribution in [0.4, 0.5) is 10.1 Å². The van der Waals surface area contributed by atoms with Crippen molar-refractivity contribution in [3.8, 4) is 17.3 Å². The van der Waals surface area contributed by atoms with E-state index in [4.69, 9.17) is 5.26 Å². The lowest BCUT2D eigenvalue weighted by molar-refractivity contribution is -0.116. The average Bonchev–Trinajstić information content (AvgIpc) is 3.13. The number of rotatable bonds is 8. The number of halogens is 1. The van der Waals surface area contributed by atoms with Gasteiger partial charge in [-0.1, -0.05) is 43.8 Å². The van der Waals surface area contributed by atoms with Gasteiger partial charge in [-0.05, 0) is 47.9 Å². The molecule has 0 spiro atoms. The Kier molecular flexibility index (Phi) is 7.26. The van der Waals surface area contributed by atoms with Crippen LogP contribution in [0.2, 0.25) is 0 Å². The third kappa shape index (κ3) is 5.28. The lowest BCUT2D eigenvalue weighted by Gasteiger charge is -2.20. The SMILES string of the molecule is CC(C)Cn1c(-c2ccc(F)cc2)cnc1SCC(=O)N(CC#N)c1ccccc1. The number of anilines is 1. The first kappa shape index (κ1) is 21.6. The predicted octanol–water partition coefficient (Wildman–Crippen LogP) is 4.99. The standard InChI is InChI=1S/C23H23FN4OS/c1-17(2)15-28-21(18-8-10-19(24)11-9-18)14-26-23(28)30-16-22(29)27(13-12-25)20-6-4-3-5-7-20/h3-11,14,17H,13,15-16H2,1-2H3. The molecule has 0 saturated carbocycles. The Morgan fingerprint density at radius 2 is 1.90 bits per heavy atom. The van der Waals surface area contributed by atoms with E-state index in [-0.39, 0.29) is 24.0 Å². The van der Waals surface area contributed by atoms with Gasteiger partial charge in [0.05, 0.1) is 23.7 Å². The summed E-state index contributed by atoms with van der Waals surface area (Å²) in [5.74, 6) is 0.0875. The normalized spacial score (nSPS) is 10.8. The number of nitrogens with zero attached hydrogens (tertiary/aromatic N) is 4. The highest BCUT2D eigenvalue weighted by molar-refractivity contribution is 7.99. The van der Waals surface area contributed by atoms with E-state index >= 15 is 0 Å². The minimum Gasteiger partial charge on any atom is -0.319 e. The molecule has 3 aromatic rings. The van der Waals surface area contributed by atoms with E-state index < -0.39 is 0 Å². The largest absolute Gasteiger partial charge is 0.319 e. The van der Waals surface area contributed by atoms with Crippen LogP contribution in [0.1, 0.15) is 13.8 Å². The lowest BCUT2D eigenvalue weighted by atomic mass is 10.1. The number of hydrogen-bond donors (Lipinski definition) is 0. The van der Waals surface area contributed by atoms with Gasteiger partial charge in [0.1, 0.15) is 12.4 Å². The maximum Gasteiger partial charge on any atom is 0.238 e. The number of nitriles is 1. The molecule has 0 aliphatic rings. The van der Waals surface area contributed by atoms with Crippen LogP contribution >= 0.6 is 11.8 Å². The van der Waals surface area contributed by atoms with Crippen molar-refractivity contribution in [2.45, 2.75) is 25.5 Å². The summed E-state index contributed by atoms with van der Waals surface area (Å²) in [6.07, 6.45) is 1.76. The highest BCUT2D eigenvalue weighted by Crippen LogP contribution is 2.28. The maximum atomic E-state index is 13.3. The van der Waals surface area contributed by atoms with Crippen LogP contribution in [-0.2, 0) is 11.3 Å². The van der Waals surface area contributed by atoms with Crippen molar-refractivity contribution < 1.29 is 9.18 Å². The molecule has 0 fully saturated rings. The van der Waals surface area contributed by atoms with E-state index in [0.717, 1.165) is 23.0 Å². The van der Waals surface area contributed by atoms with Gasteiger partial charge in [-0.25, -0.2) is 9.37 Å². The summed E-state index contributed by atoms with van der Waals surface area (Å²) in [5.41, 5.74) is 2.45. The van der Waals surface area contributed by atoms with Crippen molar-refractivity contribution in [2.24, 2.45) is 5.92 Å². The highest BCUT2D eigenvalue weighted by atomic mass is 32.2. The Morgan fingerprint density at radius 3 is 2.53 bits per heavy atom. The molecule has 0 aliphatic heterocycles. The third-order valence-corrected chi connectivity index (χ3v) is 5.40. The summed E-state index contributed by atoms with van der Waals surface area (Å²) in [5, 5.41) is 9.85. The average molecular weight is 423 g/mol. The summed E-state index contributed by atoms with van der Waals surface area (Å²) >= 11 is 1.34. The van der Waals surface area contributed by atoms with Gasteiger partial charge in [-0.2, -0.15) is 5.26 Å². The Bertz CT molecular complexity index is 1030. The fourth-order valence-electron chi connectivity index (χ4n) is 3.07. The zero-order valence-corrected chi connectivity index (χ0v) is 17.8. The first-order chi connectivity index (χ1) is 14.5. The summed E-state index contributed by atoms with van der Waals surface area (Å²) in [6.45, 7) is 4.94. The van der Waals surface area contributed by atoms with E-state index in [1.54, 1.807) is 18.3 Å². The van der Waals surface area contributed by atoms with Gasteiger partial charge in [0.2, 0.25) is 5.91 Å². The maximum absolute atomic E-state index is 13.3. The molecule has 7 heteroatoms. The van der Waals surface area contributed by atoms with E-state index in [2.05, 4.69) is 29.5 Å². The Morgan fingerprint density at radius 1 is 1.20 bits per heavy atom. The van der Waals surface area contributed by atoms with Crippen LogP contribution in [-0.4, -0.2) is 27.8 Å². The molecule has 1 heterocycles. The number of hydrogen-bond acceptors (Lipinski definition) is 4. The van der Waals surface area contributed by atoms with Gasteiger partial charge in [-0.15, -0.1) is 0 Å². The van der Waals surface area contributed by atoms with Crippen LogP contribution in [0.15, 0.2) is 66.0 Å². The molecule has 0 atom stereocenters. The van der Waals surface area contributed by atoms with E-state index in [1.807, 2.05) is 30.3 Å². The second kappa shape index (κ2) is 10.1. The van der Waals surface area contributed by atoms with Gasteiger partial charge < -0.3 is 4.57 Å². The molecule has 0 bridgehead atoms. The monoisotopic (exact) mass is 422 g/mol. The Balaban J connectivity index is 1.81. The zero-order chi connectivity index (χ0) is 21.5. The molecule has 154 valence electrons. The quantitative estimate of drug-likeness (QED) is 0.379. The van der Waals surface area contributed by atoms with E-state index in [1.165, 1.54) is 28.8 Å². The minimum atomic E-state index is -0.285. The van der Waals surface area contributed by atoms with Gasteiger partial charge in [-0.3, -0.25) is 9.69 Å². The van der Waals surface area contributed by atoms with Crippen molar-refractivity contribution in [1.29, 1.82) is 5.26 Å². The highest BCUT2D eigenvalue weighted by Gasteiger charge is 2.19. The van der Waals surface area contributed by atoms with Crippen LogP contribution in [0.3, 0.4) is 0 Å². The third-order valence-electron chi connectivity index (χ3n) is 4.43. The van der Waals surface area contributed by atoms with Gasteiger partial charge >= 0.3 is 0 Å². The molecular weight excluding hydrogens is 399 g/mol. The molecule has 1 amide bonds. The zero-order valence-electron chi connectivity index (χ0n) is 17.0. The molecule has 0 aliphatic carbocycles. The van der Waals surface area contributed by atoms with Crippen molar-refractivity contribution in [3.05, 3.63) is 66.6 Å². The second-order valence-electron chi connectivity index (χ2n) is 7.20. The second-order valence-corrected chi connectivity index (χ2v) is 8.14. The predicted molar refractivity (Wildman–Crippen MR) is 118 cm³/mol. The molecule has 2 aromatic carbocycles. The van der Waals surface area contributed by atoms with E-state index in [0.29, 0.717) is 11.6 Å². The van der Waals surface area contributed by atoms with Crippen LogP contribution in [0.25, 0.3) is 11.3 Å². The van der Waals surface area contributed by atoms with Gasteiger partial charge in [0.25, 0.3) is 0 Å². The lowest BCUT2D eigenvalue weighted by Crippen LogP contribution is -2.32. The molecule has 1 aromatic heterocycles. The first-order valence-corrected chi connectivity index (χ1v) is 10.6. The summed E-state index contributed by atoms with van der Waals surface area (Å²) in [7, 11) is 0. The smallest absolute Gasteiger partial charge is 0.238 e. The number of imidazole rings is 1. The van der Waals surface area contributed by atoms with Gasteiger partial charge in [0, 0.05) is 12.2 Å². The molecule has 5 nitrogen and oxygen atoms in total. The van der Waals surface area contributed by atoms with Crippen LogP contribution in [0.5, 0.6) is 0 Å². The summed E-state index contributed by atoms with van der Waals surface area (Å²) in [4.78, 5) is 18.8. The van der Waals surface area contributed by atoms with Gasteiger partial charge in [0.15, 0.2) is 5.16 Å². The Labute approximate surface area is 180 Å². The molecular formula is C23H23FN4OS. The molecule has 0 radical (unpaired) electrons. The number of para-hydroxylation sites is 1. The minimum absolute atomic E-state index is 0.00926. The summed E-state index contributed by atoms with van der Waals surface area (Å²) in [6, 6.07) is 17.5. The molecule has 3 rings (SSSR count). The fourth-order valence-corrected chi connectivity index (χ4v) is 3.94. The first-order valence-electron chi connectivity index (χ1n) is 9.66. The molecule has 0 unspecified atom stereocenters. The topological polar surface area (TPSA) is 61.9 Å². The molecule has 30 heavy (non-hydrogen) atoms. The molecule has 0 N–H and O–H groups in total. The fraction of sp³-hybridized carbons (Fsp3) is 0.261. The number of thioether (sulfide) groups is 1. The number of carbonyl (C=O) groups excluding carboxylic acids is 1. The van der Waals surface area contributed by atoms with Crippen molar-refractivity contribution >= 4 is 23.4 Å². The van der Waals surface area contributed by atoms with Crippen LogP contribution < -0.4 is 4.90 Å². The number of benzene rings is 2. The number of carbonyl (C=O) groups is 1. The van der Waals surface area contributed by atoms with Crippen molar-refractivity contribution in [1.82, 2.24) is 9.55 Å². The molecule has 0 saturated heterocycles. The van der Waals surface area contributed by atoms with Crippen LogP contribution in [0, 0.1) is 23.1 Å². The summed E-state index contributed by atoms with van der Waals surface area (Å²) < 4.78 is 15.4. The van der Waals surface area contributed by atoms with E-state index in [9.17, 15) is 9.18 Å². The Hall–Kier alpha value is -3.11. The number of amides is 1.